The van der Waals surface area contributed by atoms with Gasteiger partial charge in [-0.1, -0.05) is 32.0 Å². The minimum atomic E-state index is -3.62. The zero-order valence-corrected chi connectivity index (χ0v) is 16.2. The van der Waals surface area contributed by atoms with Crippen LogP contribution in [0, 0.1) is 0 Å². The first kappa shape index (κ1) is 19.8. The van der Waals surface area contributed by atoms with Crippen molar-refractivity contribution in [3.05, 3.63) is 54.1 Å². The van der Waals surface area contributed by atoms with Crippen molar-refractivity contribution in [2.45, 2.75) is 19.8 Å². The highest BCUT2D eigenvalue weighted by Gasteiger charge is 2.21. The lowest BCUT2D eigenvalue weighted by Crippen LogP contribution is -2.37. The predicted molar refractivity (Wildman–Crippen MR) is 104 cm³/mol. The van der Waals surface area contributed by atoms with Crippen molar-refractivity contribution in [2.24, 2.45) is 0 Å². The number of hydrogen-bond acceptors (Lipinski definition) is 4. The van der Waals surface area contributed by atoms with Gasteiger partial charge in [-0.25, -0.2) is 8.42 Å². The van der Waals surface area contributed by atoms with E-state index in [1.54, 1.807) is 24.3 Å². The van der Waals surface area contributed by atoms with Crippen molar-refractivity contribution in [1.82, 2.24) is 0 Å². The summed E-state index contributed by atoms with van der Waals surface area (Å²) in [5.74, 6) is 0.441. The molecule has 140 valence electrons. The molecule has 2 aromatic carbocycles. The molecule has 1 amide bonds. The minimum Gasteiger partial charge on any atom is -0.497 e. The number of benzene rings is 2. The lowest BCUT2D eigenvalue weighted by atomic mass is 10.0. The number of nitrogens with one attached hydrogen (secondary N) is 1. The van der Waals surface area contributed by atoms with E-state index in [0.29, 0.717) is 17.1 Å². The van der Waals surface area contributed by atoms with Crippen molar-refractivity contribution >= 4 is 27.3 Å². The maximum atomic E-state index is 12.5. The van der Waals surface area contributed by atoms with Crippen molar-refractivity contribution in [3.8, 4) is 5.75 Å². The molecule has 2 aromatic rings. The third kappa shape index (κ3) is 4.98. The molecular formula is C19H24N2O4S. The Balaban J connectivity index is 2.22. The zero-order chi connectivity index (χ0) is 19.3. The summed E-state index contributed by atoms with van der Waals surface area (Å²) in [6.07, 6.45) is 1.08. The van der Waals surface area contributed by atoms with E-state index in [1.165, 1.54) is 7.11 Å². The van der Waals surface area contributed by atoms with Crippen LogP contribution < -0.4 is 14.4 Å². The Hall–Kier alpha value is -2.54. The molecule has 0 aliphatic rings. The number of methoxy groups -OCH3 is 1. The smallest absolute Gasteiger partial charge is 0.245 e. The topological polar surface area (TPSA) is 75.7 Å². The van der Waals surface area contributed by atoms with Crippen LogP contribution in [0.2, 0.25) is 0 Å². The normalized spacial score (nSPS) is 11.3. The van der Waals surface area contributed by atoms with Gasteiger partial charge in [-0.3, -0.25) is 9.10 Å². The molecule has 0 atom stereocenters. The third-order valence-corrected chi connectivity index (χ3v) is 5.05. The molecule has 0 saturated heterocycles. The lowest BCUT2D eigenvalue weighted by Gasteiger charge is -2.22. The second kappa shape index (κ2) is 8.23. The molecule has 0 heterocycles. The van der Waals surface area contributed by atoms with Crippen LogP contribution in [0.5, 0.6) is 5.75 Å². The predicted octanol–water partition coefficient (Wildman–Crippen LogP) is 3.22. The van der Waals surface area contributed by atoms with Crippen molar-refractivity contribution in [2.75, 3.05) is 29.5 Å². The lowest BCUT2D eigenvalue weighted by molar-refractivity contribution is -0.114. The van der Waals surface area contributed by atoms with Crippen LogP contribution in [0.15, 0.2) is 48.5 Å². The van der Waals surface area contributed by atoms with Crippen molar-refractivity contribution in [3.63, 3.8) is 0 Å². The Morgan fingerprint density at radius 1 is 1.12 bits per heavy atom. The van der Waals surface area contributed by atoms with Gasteiger partial charge < -0.3 is 10.1 Å². The van der Waals surface area contributed by atoms with Gasteiger partial charge in [0.2, 0.25) is 15.9 Å². The summed E-state index contributed by atoms with van der Waals surface area (Å²) in [4.78, 5) is 12.5. The Kier molecular flexibility index (Phi) is 6.26. The fourth-order valence-electron chi connectivity index (χ4n) is 2.58. The van der Waals surface area contributed by atoms with E-state index in [-0.39, 0.29) is 12.5 Å². The molecule has 0 fully saturated rings. The molecule has 26 heavy (non-hydrogen) atoms. The van der Waals surface area contributed by atoms with Gasteiger partial charge in [0.1, 0.15) is 12.3 Å². The van der Waals surface area contributed by atoms with Crippen molar-refractivity contribution < 1.29 is 17.9 Å². The monoisotopic (exact) mass is 376 g/mol. The van der Waals surface area contributed by atoms with Gasteiger partial charge in [0.05, 0.1) is 19.1 Å². The van der Waals surface area contributed by atoms with E-state index in [9.17, 15) is 13.2 Å². The van der Waals surface area contributed by atoms with Crippen LogP contribution in [0.25, 0.3) is 0 Å². The standard InChI is InChI=1S/C19H24N2O4S/c1-14(2)17-7-5-6-8-18(17)20-19(22)13-21(26(4,23)24)15-9-11-16(25-3)12-10-15/h5-12,14H,13H2,1-4H3,(H,20,22). The van der Waals surface area contributed by atoms with E-state index >= 15 is 0 Å². The van der Waals surface area contributed by atoms with Crippen LogP contribution in [-0.4, -0.2) is 34.2 Å². The van der Waals surface area contributed by atoms with E-state index < -0.39 is 15.9 Å². The number of carbonyl (C=O) groups excluding carboxylic acids is 1. The quantitative estimate of drug-likeness (QED) is 0.805. The Morgan fingerprint density at radius 2 is 1.73 bits per heavy atom. The molecule has 0 saturated carbocycles. The molecule has 0 aromatic heterocycles. The summed E-state index contributed by atoms with van der Waals surface area (Å²) < 4.78 is 30.5. The number of sulfonamides is 1. The Labute approximate surface area is 154 Å². The summed E-state index contributed by atoms with van der Waals surface area (Å²) in [5.41, 5.74) is 2.09. The maximum Gasteiger partial charge on any atom is 0.245 e. The van der Waals surface area contributed by atoms with Gasteiger partial charge in [-0.15, -0.1) is 0 Å². The first-order valence-corrected chi connectivity index (χ1v) is 10.1. The number of hydrogen-bond donors (Lipinski definition) is 1. The van der Waals surface area contributed by atoms with Gasteiger partial charge in [0, 0.05) is 5.69 Å². The number of para-hydroxylation sites is 1. The first-order valence-electron chi connectivity index (χ1n) is 8.23. The minimum absolute atomic E-state index is 0.235. The molecule has 0 bridgehead atoms. The molecule has 1 N–H and O–H groups in total. The molecule has 6 nitrogen and oxygen atoms in total. The largest absolute Gasteiger partial charge is 0.497 e. The molecule has 0 aliphatic carbocycles. The second-order valence-electron chi connectivity index (χ2n) is 6.26. The van der Waals surface area contributed by atoms with Crippen molar-refractivity contribution in [1.29, 1.82) is 0 Å². The van der Waals surface area contributed by atoms with E-state index in [1.807, 2.05) is 38.1 Å². The molecule has 2 rings (SSSR count). The fraction of sp³-hybridized carbons (Fsp3) is 0.316. The Morgan fingerprint density at radius 3 is 2.27 bits per heavy atom. The summed E-state index contributed by atoms with van der Waals surface area (Å²) in [5, 5.41) is 2.82. The van der Waals surface area contributed by atoms with Crippen LogP contribution in [0.4, 0.5) is 11.4 Å². The summed E-state index contributed by atoms with van der Waals surface area (Å²) in [6, 6.07) is 14.0. The maximum absolute atomic E-state index is 12.5. The molecule has 0 unspecified atom stereocenters. The van der Waals surface area contributed by atoms with Crippen LogP contribution in [0.3, 0.4) is 0 Å². The van der Waals surface area contributed by atoms with Gasteiger partial charge in [0.25, 0.3) is 0 Å². The number of anilines is 2. The zero-order valence-electron chi connectivity index (χ0n) is 15.4. The highest BCUT2D eigenvalue weighted by atomic mass is 32.2. The summed E-state index contributed by atoms with van der Waals surface area (Å²) >= 11 is 0. The third-order valence-electron chi connectivity index (χ3n) is 3.90. The van der Waals surface area contributed by atoms with E-state index in [4.69, 9.17) is 4.74 Å². The molecule has 7 heteroatoms. The van der Waals surface area contributed by atoms with Gasteiger partial charge >= 0.3 is 0 Å². The molecule has 0 radical (unpaired) electrons. The number of rotatable bonds is 7. The SMILES string of the molecule is COc1ccc(N(CC(=O)Nc2ccccc2C(C)C)S(C)(=O)=O)cc1. The van der Waals surface area contributed by atoms with Crippen LogP contribution in [-0.2, 0) is 14.8 Å². The second-order valence-corrected chi connectivity index (χ2v) is 8.16. The van der Waals surface area contributed by atoms with Gasteiger partial charge in [-0.2, -0.15) is 0 Å². The van der Waals surface area contributed by atoms with Crippen LogP contribution in [0.1, 0.15) is 25.3 Å². The number of amides is 1. The highest BCUT2D eigenvalue weighted by molar-refractivity contribution is 7.92. The fourth-order valence-corrected chi connectivity index (χ4v) is 3.44. The average Bonchev–Trinajstić information content (AvgIpc) is 2.59. The molecule has 0 aliphatic heterocycles. The molecular weight excluding hydrogens is 352 g/mol. The summed E-state index contributed by atoms with van der Waals surface area (Å²) in [7, 11) is -2.09. The number of carbonyl (C=O) groups is 1. The van der Waals surface area contributed by atoms with E-state index in [0.717, 1.165) is 16.1 Å². The van der Waals surface area contributed by atoms with Crippen LogP contribution >= 0.6 is 0 Å². The number of ether oxygens (including phenoxy) is 1. The highest BCUT2D eigenvalue weighted by Crippen LogP contribution is 2.25. The summed E-state index contributed by atoms with van der Waals surface area (Å²) in [6.45, 7) is 3.76. The van der Waals surface area contributed by atoms with E-state index in [2.05, 4.69) is 5.32 Å². The molecule has 0 spiro atoms. The average molecular weight is 376 g/mol. The first-order chi connectivity index (χ1) is 12.2. The Bertz CT molecular complexity index is 861. The van der Waals surface area contributed by atoms with Gasteiger partial charge in [-0.05, 0) is 41.8 Å². The van der Waals surface area contributed by atoms with Gasteiger partial charge in [0.15, 0.2) is 0 Å². The number of nitrogens with zero attached hydrogens (tertiary/aromatic N) is 1.